The van der Waals surface area contributed by atoms with Gasteiger partial charge in [0.15, 0.2) is 0 Å². The maximum absolute atomic E-state index is 12.8. The normalized spacial score (nSPS) is 20.9. The minimum Gasteiger partial charge on any atom is -0.392 e. The lowest BCUT2D eigenvalue weighted by molar-refractivity contribution is 0.187. The van der Waals surface area contributed by atoms with Crippen molar-refractivity contribution in [2.24, 2.45) is 0 Å². The third kappa shape index (κ3) is 3.57. The molecule has 0 bridgehead atoms. The van der Waals surface area contributed by atoms with E-state index in [2.05, 4.69) is 4.90 Å². The average Bonchev–Trinajstić information content (AvgIpc) is 2.46. The van der Waals surface area contributed by atoms with Gasteiger partial charge in [0.05, 0.1) is 11.6 Å². The van der Waals surface area contributed by atoms with Gasteiger partial charge in [-0.15, -0.1) is 0 Å². The summed E-state index contributed by atoms with van der Waals surface area (Å²) in [5.74, 6) is 0. The molecule has 1 fully saturated rings. The summed E-state index contributed by atoms with van der Waals surface area (Å²) < 4.78 is 26.9. The van der Waals surface area contributed by atoms with Crippen LogP contribution in [0.1, 0.15) is 18.4 Å². The first kappa shape index (κ1) is 16.7. The van der Waals surface area contributed by atoms with Crippen molar-refractivity contribution in [3.05, 3.63) is 28.8 Å². The predicted molar refractivity (Wildman–Crippen MR) is 82.8 cm³/mol. The molecule has 0 amide bonds. The predicted octanol–water partition coefficient (Wildman–Crippen LogP) is 1.55. The molecule has 1 aromatic rings. The van der Waals surface area contributed by atoms with E-state index in [1.165, 1.54) is 16.4 Å². The van der Waals surface area contributed by atoms with Crippen molar-refractivity contribution in [3.63, 3.8) is 0 Å². The van der Waals surface area contributed by atoms with Gasteiger partial charge >= 0.3 is 0 Å². The molecule has 0 spiro atoms. The van der Waals surface area contributed by atoms with Crippen molar-refractivity contribution in [1.29, 1.82) is 0 Å². The number of likely N-dealkylation sites (tertiary alicyclic amines) is 1. The SMILES string of the molecule is CN1CCCC(N(C)S(=O)(=O)c2cc(CO)ccc2Cl)C1. The molecule has 2 rings (SSSR count). The number of aliphatic hydroxyl groups is 1. The Balaban J connectivity index is 2.32. The third-order valence-corrected chi connectivity index (χ3v) is 6.34. The van der Waals surface area contributed by atoms with Gasteiger partial charge in [-0.1, -0.05) is 17.7 Å². The van der Waals surface area contributed by atoms with Crippen LogP contribution in [0.5, 0.6) is 0 Å². The molecule has 1 aliphatic heterocycles. The quantitative estimate of drug-likeness (QED) is 0.908. The summed E-state index contributed by atoms with van der Waals surface area (Å²) in [4.78, 5) is 2.19. The van der Waals surface area contributed by atoms with Crippen LogP contribution in [0.25, 0.3) is 0 Å². The second-order valence-electron chi connectivity index (χ2n) is 5.50. The Bertz CT molecular complexity index is 606. The molecule has 118 valence electrons. The number of hydrogen-bond donors (Lipinski definition) is 1. The second-order valence-corrected chi connectivity index (χ2v) is 7.88. The fraction of sp³-hybridized carbons (Fsp3) is 0.571. The van der Waals surface area contributed by atoms with E-state index in [4.69, 9.17) is 11.6 Å². The highest BCUT2D eigenvalue weighted by atomic mass is 35.5. The number of halogens is 1. The number of likely N-dealkylation sites (N-methyl/N-ethyl adjacent to an activating group) is 2. The van der Waals surface area contributed by atoms with Gasteiger partial charge < -0.3 is 10.0 Å². The summed E-state index contributed by atoms with van der Waals surface area (Å²) in [6.07, 6.45) is 1.82. The largest absolute Gasteiger partial charge is 0.392 e. The second kappa shape index (κ2) is 6.62. The number of sulfonamides is 1. The Kier molecular flexibility index (Phi) is 5.27. The molecular weight excluding hydrogens is 312 g/mol. The molecule has 1 unspecified atom stereocenters. The van der Waals surface area contributed by atoms with Crippen molar-refractivity contribution in [2.45, 2.75) is 30.4 Å². The molecule has 0 saturated carbocycles. The van der Waals surface area contributed by atoms with E-state index in [0.717, 1.165) is 19.4 Å². The van der Waals surface area contributed by atoms with Gasteiger partial charge in [-0.2, -0.15) is 4.31 Å². The minimum atomic E-state index is -3.66. The fourth-order valence-corrected chi connectivity index (χ4v) is 4.53. The summed E-state index contributed by atoms with van der Waals surface area (Å²) >= 11 is 6.05. The summed E-state index contributed by atoms with van der Waals surface area (Å²) in [6, 6.07) is 4.53. The lowest BCUT2D eigenvalue weighted by Crippen LogP contribution is -2.47. The van der Waals surface area contributed by atoms with Crippen LogP contribution in [-0.2, 0) is 16.6 Å². The van der Waals surface area contributed by atoms with E-state index in [9.17, 15) is 13.5 Å². The molecule has 21 heavy (non-hydrogen) atoms. The summed E-state index contributed by atoms with van der Waals surface area (Å²) in [5, 5.41) is 9.37. The molecule has 1 N–H and O–H groups in total. The highest BCUT2D eigenvalue weighted by Gasteiger charge is 2.31. The standard InChI is InChI=1S/C14H21ClN2O3S/c1-16-7-3-4-12(9-16)17(2)21(19,20)14-8-11(10-18)5-6-13(14)15/h5-6,8,12,18H,3-4,7,9-10H2,1-2H3. The molecular formula is C14H21ClN2O3S. The summed E-state index contributed by atoms with van der Waals surface area (Å²) in [5.41, 5.74) is 0.534. The molecule has 1 aliphatic rings. The van der Waals surface area contributed by atoms with Crippen molar-refractivity contribution in [1.82, 2.24) is 9.21 Å². The molecule has 0 aliphatic carbocycles. The maximum Gasteiger partial charge on any atom is 0.244 e. The first-order chi connectivity index (χ1) is 9.86. The monoisotopic (exact) mass is 332 g/mol. The van der Waals surface area contributed by atoms with Crippen LogP contribution in [0.3, 0.4) is 0 Å². The summed E-state index contributed by atoms with van der Waals surface area (Å²) in [7, 11) is -0.0713. The molecule has 1 saturated heterocycles. The van der Waals surface area contributed by atoms with Crippen LogP contribution in [0, 0.1) is 0 Å². The van der Waals surface area contributed by atoms with E-state index in [0.29, 0.717) is 12.1 Å². The van der Waals surface area contributed by atoms with Gasteiger partial charge in [-0.25, -0.2) is 8.42 Å². The first-order valence-electron chi connectivity index (χ1n) is 6.92. The smallest absolute Gasteiger partial charge is 0.244 e. The van der Waals surface area contributed by atoms with E-state index in [1.54, 1.807) is 13.1 Å². The Labute approximate surface area is 131 Å². The average molecular weight is 333 g/mol. The fourth-order valence-electron chi connectivity index (χ4n) is 2.63. The number of hydrogen-bond acceptors (Lipinski definition) is 4. The van der Waals surface area contributed by atoms with Crippen LogP contribution < -0.4 is 0 Å². The van der Waals surface area contributed by atoms with Crippen molar-refractivity contribution in [3.8, 4) is 0 Å². The van der Waals surface area contributed by atoms with Crippen LogP contribution >= 0.6 is 11.6 Å². The van der Waals surface area contributed by atoms with Crippen LogP contribution in [0.2, 0.25) is 5.02 Å². The van der Waals surface area contributed by atoms with Gasteiger partial charge in [0.25, 0.3) is 0 Å². The van der Waals surface area contributed by atoms with Crippen molar-refractivity contribution in [2.75, 3.05) is 27.2 Å². The zero-order chi connectivity index (χ0) is 15.6. The van der Waals surface area contributed by atoms with E-state index in [-0.39, 0.29) is 22.6 Å². The number of nitrogens with zero attached hydrogens (tertiary/aromatic N) is 2. The molecule has 1 atom stereocenters. The van der Waals surface area contributed by atoms with Crippen molar-refractivity contribution < 1.29 is 13.5 Å². The van der Waals surface area contributed by atoms with Crippen LogP contribution in [0.15, 0.2) is 23.1 Å². The van der Waals surface area contributed by atoms with Gasteiger partial charge in [-0.05, 0) is 44.1 Å². The minimum absolute atomic E-state index is 0.0531. The molecule has 1 heterocycles. The zero-order valence-corrected chi connectivity index (χ0v) is 13.9. The summed E-state index contributed by atoms with van der Waals surface area (Å²) in [6.45, 7) is 1.49. The Morgan fingerprint density at radius 1 is 1.48 bits per heavy atom. The Hall–Kier alpha value is -0.660. The van der Waals surface area contributed by atoms with Crippen LogP contribution in [0.4, 0.5) is 0 Å². The van der Waals surface area contributed by atoms with Gasteiger partial charge in [0.2, 0.25) is 10.0 Å². The molecule has 7 heteroatoms. The van der Waals surface area contributed by atoms with Gasteiger partial charge in [-0.3, -0.25) is 0 Å². The number of benzene rings is 1. The molecule has 1 aromatic carbocycles. The number of piperidine rings is 1. The lowest BCUT2D eigenvalue weighted by atomic mass is 10.1. The van der Waals surface area contributed by atoms with Crippen LogP contribution in [-0.4, -0.2) is 56.0 Å². The van der Waals surface area contributed by atoms with Gasteiger partial charge in [0.1, 0.15) is 4.90 Å². The Morgan fingerprint density at radius 3 is 2.81 bits per heavy atom. The topological polar surface area (TPSA) is 60.9 Å². The third-order valence-electron chi connectivity index (χ3n) is 3.95. The van der Waals surface area contributed by atoms with E-state index < -0.39 is 10.0 Å². The Morgan fingerprint density at radius 2 is 2.19 bits per heavy atom. The van der Waals surface area contributed by atoms with Gasteiger partial charge in [0, 0.05) is 19.6 Å². The molecule has 0 aromatic heterocycles. The van der Waals surface area contributed by atoms with E-state index >= 15 is 0 Å². The lowest BCUT2D eigenvalue weighted by Gasteiger charge is -2.35. The highest BCUT2D eigenvalue weighted by Crippen LogP contribution is 2.28. The maximum atomic E-state index is 12.8. The first-order valence-corrected chi connectivity index (χ1v) is 8.74. The zero-order valence-electron chi connectivity index (χ0n) is 12.3. The number of rotatable bonds is 4. The van der Waals surface area contributed by atoms with Crippen molar-refractivity contribution >= 4 is 21.6 Å². The van der Waals surface area contributed by atoms with E-state index in [1.807, 2.05) is 7.05 Å². The highest BCUT2D eigenvalue weighted by molar-refractivity contribution is 7.89. The molecule has 5 nitrogen and oxygen atoms in total. The molecule has 0 radical (unpaired) electrons. The number of aliphatic hydroxyl groups excluding tert-OH is 1.